The van der Waals surface area contributed by atoms with E-state index in [0.717, 1.165) is 0 Å². The number of methoxy groups -OCH3 is 1. The first-order valence-electron chi connectivity index (χ1n) is 6.61. The van der Waals surface area contributed by atoms with Gasteiger partial charge in [-0.15, -0.1) is 0 Å². The van der Waals surface area contributed by atoms with Gasteiger partial charge in [-0.3, -0.25) is 4.79 Å². The third-order valence-corrected chi connectivity index (χ3v) is 3.37. The van der Waals surface area contributed by atoms with Gasteiger partial charge in [-0.05, 0) is 36.4 Å². The topological polar surface area (TPSA) is 64.2 Å². The van der Waals surface area contributed by atoms with Crippen molar-refractivity contribution in [1.82, 2.24) is 9.97 Å². The number of nitrogens with zero attached hydrogens (tertiary/aromatic N) is 1. The Morgan fingerprint density at radius 3 is 2.82 bits per heavy atom. The Labute approximate surface area is 131 Å². The molecule has 0 saturated heterocycles. The van der Waals surface area contributed by atoms with Crippen LogP contribution in [0.25, 0.3) is 10.9 Å². The van der Waals surface area contributed by atoms with E-state index in [0.29, 0.717) is 33.2 Å². The SMILES string of the molecule is COc1ccc2nc(COc3cccc(Cl)c3)[nH]c(=O)c2c1. The predicted molar refractivity (Wildman–Crippen MR) is 84.7 cm³/mol. The summed E-state index contributed by atoms with van der Waals surface area (Å²) in [5.41, 5.74) is 0.364. The van der Waals surface area contributed by atoms with Crippen LogP contribution in [0, 0.1) is 0 Å². The molecule has 0 unspecified atom stereocenters. The van der Waals surface area contributed by atoms with Crippen molar-refractivity contribution in [2.45, 2.75) is 6.61 Å². The van der Waals surface area contributed by atoms with Crippen molar-refractivity contribution >= 4 is 22.5 Å². The predicted octanol–water partition coefficient (Wildman–Crippen LogP) is 3.16. The monoisotopic (exact) mass is 316 g/mol. The number of ether oxygens (including phenoxy) is 2. The van der Waals surface area contributed by atoms with Gasteiger partial charge in [0.15, 0.2) is 0 Å². The molecule has 1 aromatic heterocycles. The third kappa shape index (κ3) is 3.04. The van der Waals surface area contributed by atoms with Gasteiger partial charge in [0, 0.05) is 5.02 Å². The first-order valence-corrected chi connectivity index (χ1v) is 6.99. The van der Waals surface area contributed by atoms with Gasteiger partial charge in [0.2, 0.25) is 0 Å². The minimum absolute atomic E-state index is 0.150. The Bertz CT molecular complexity index is 877. The Balaban J connectivity index is 1.87. The summed E-state index contributed by atoms with van der Waals surface area (Å²) in [5, 5.41) is 1.07. The molecule has 0 aliphatic heterocycles. The highest BCUT2D eigenvalue weighted by Gasteiger charge is 2.06. The highest BCUT2D eigenvalue weighted by atomic mass is 35.5. The number of halogens is 1. The first-order chi connectivity index (χ1) is 10.7. The van der Waals surface area contributed by atoms with Gasteiger partial charge in [-0.1, -0.05) is 17.7 Å². The molecule has 0 aliphatic rings. The molecule has 1 heterocycles. The number of aromatic amines is 1. The Kier molecular flexibility index (Phi) is 3.98. The highest BCUT2D eigenvalue weighted by molar-refractivity contribution is 6.30. The van der Waals surface area contributed by atoms with Crippen LogP contribution in [-0.4, -0.2) is 17.1 Å². The van der Waals surface area contributed by atoms with Crippen LogP contribution in [0.5, 0.6) is 11.5 Å². The zero-order chi connectivity index (χ0) is 15.5. The average Bonchev–Trinajstić information content (AvgIpc) is 2.53. The molecule has 0 atom stereocenters. The largest absolute Gasteiger partial charge is 0.497 e. The lowest BCUT2D eigenvalue weighted by Crippen LogP contribution is -2.13. The fraction of sp³-hybridized carbons (Fsp3) is 0.125. The summed E-state index contributed by atoms with van der Waals surface area (Å²) in [7, 11) is 1.55. The highest BCUT2D eigenvalue weighted by Crippen LogP contribution is 2.19. The molecule has 0 fully saturated rings. The lowest BCUT2D eigenvalue weighted by atomic mass is 10.2. The summed E-state index contributed by atoms with van der Waals surface area (Å²) in [6, 6.07) is 12.2. The number of aromatic nitrogens is 2. The van der Waals surface area contributed by atoms with Crippen LogP contribution < -0.4 is 15.0 Å². The maximum atomic E-state index is 12.1. The Morgan fingerprint density at radius 1 is 1.18 bits per heavy atom. The lowest BCUT2D eigenvalue weighted by molar-refractivity contribution is 0.296. The second kappa shape index (κ2) is 6.07. The molecule has 0 bridgehead atoms. The summed E-state index contributed by atoms with van der Waals surface area (Å²) >= 11 is 5.89. The summed E-state index contributed by atoms with van der Waals surface area (Å²) in [6.45, 7) is 0.150. The molecule has 2 aromatic carbocycles. The van der Waals surface area contributed by atoms with E-state index in [2.05, 4.69) is 9.97 Å². The van der Waals surface area contributed by atoms with Crippen LogP contribution in [0.4, 0.5) is 0 Å². The number of benzene rings is 2. The zero-order valence-electron chi connectivity index (χ0n) is 11.8. The number of rotatable bonds is 4. The van der Waals surface area contributed by atoms with Gasteiger partial charge in [-0.25, -0.2) is 4.98 Å². The van der Waals surface area contributed by atoms with Crippen molar-refractivity contribution in [3.63, 3.8) is 0 Å². The van der Waals surface area contributed by atoms with E-state index in [1.54, 1.807) is 49.6 Å². The van der Waals surface area contributed by atoms with Gasteiger partial charge in [0.05, 0.1) is 18.0 Å². The summed E-state index contributed by atoms with van der Waals surface area (Å²) < 4.78 is 10.7. The van der Waals surface area contributed by atoms with Crippen LogP contribution in [0.2, 0.25) is 5.02 Å². The van der Waals surface area contributed by atoms with E-state index in [1.807, 2.05) is 0 Å². The van der Waals surface area contributed by atoms with Gasteiger partial charge in [-0.2, -0.15) is 0 Å². The molecule has 0 amide bonds. The Hall–Kier alpha value is -2.53. The van der Waals surface area contributed by atoms with Crippen molar-refractivity contribution < 1.29 is 9.47 Å². The summed E-state index contributed by atoms with van der Waals surface area (Å²) in [6.07, 6.45) is 0. The second-order valence-electron chi connectivity index (χ2n) is 4.64. The molecule has 0 aliphatic carbocycles. The van der Waals surface area contributed by atoms with Crippen LogP contribution in [0.15, 0.2) is 47.3 Å². The molecule has 6 heteroatoms. The van der Waals surface area contributed by atoms with Gasteiger partial charge in [0.1, 0.15) is 23.9 Å². The standard InChI is InChI=1S/C16H13ClN2O3/c1-21-11-5-6-14-13(8-11)16(20)19-15(18-14)9-22-12-4-2-3-10(17)7-12/h2-8H,9H2,1H3,(H,18,19,20). The molecular formula is C16H13ClN2O3. The molecule has 1 N–H and O–H groups in total. The molecule has 0 saturated carbocycles. The molecule has 3 rings (SSSR count). The molecule has 0 radical (unpaired) electrons. The molecule has 112 valence electrons. The van der Waals surface area contributed by atoms with E-state index < -0.39 is 0 Å². The fourth-order valence-electron chi connectivity index (χ4n) is 2.07. The van der Waals surface area contributed by atoms with Crippen molar-refractivity contribution in [2.75, 3.05) is 7.11 Å². The van der Waals surface area contributed by atoms with E-state index in [1.165, 1.54) is 0 Å². The summed E-state index contributed by atoms with van der Waals surface area (Å²) in [5.74, 6) is 1.68. The number of nitrogens with one attached hydrogen (secondary N) is 1. The van der Waals surface area contributed by atoms with Crippen LogP contribution in [0.3, 0.4) is 0 Å². The molecular weight excluding hydrogens is 304 g/mol. The molecule has 0 spiro atoms. The maximum Gasteiger partial charge on any atom is 0.258 e. The number of hydrogen-bond acceptors (Lipinski definition) is 4. The van der Waals surface area contributed by atoms with Crippen molar-refractivity contribution in [2.24, 2.45) is 0 Å². The third-order valence-electron chi connectivity index (χ3n) is 3.13. The van der Waals surface area contributed by atoms with E-state index in [9.17, 15) is 4.79 Å². The van der Waals surface area contributed by atoms with Gasteiger partial charge in [0.25, 0.3) is 5.56 Å². The zero-order valence-corrected chi connectivity index (χ0v) is 12.6. The molecule has 22 heavy (non-hydrogen) atoms. The van der Waals surface area contributed by atoms with E-state index in [4.69, 9.17) is 21.1 Å². The average molecular weight is 317 g/mol. The maximum absolute atomic E-state index is 12.1. The molecule has 3 aromatic rings. The van der Waals surface area contributed by atoms with Crippen LogP contribution in [-0.2, 0) is 6.61 Å². The normalized spacial score (nSPS) is 10.6. The van der Waals surface area contributed by atoms with Crippen LogP contribution >= 0.6 is 11.6 Å². The minimum atomic E-state index is -0.228. The van der Waals surface area contributed by atoms with E-state index >= 15 is 0 Å². The number of hydrogen-bond donors (Lipinski definition) is 1. The Morgan fingerprint density at radius 2 is 2.05 bits per heavy atom. The number of H-pyrrole nitrogens is 1. The van der Waals surface area contributed by atoms with E-state index in [-0.39, 0.29) is 12.2 Å². The van der Waals surface area contributed by atoms with Gasteiger partial charge < -0.3 is 14.5 Å². The summed E-state index contributed by atoms with van der Waals surface area (Å²) in [4.78, 5) is 19.2. The first kappa shape index (κ1) is 14.4. The van der Waals surface area contributed by atoms with Crippen molar-refractivity contribution in [3.05, 3.63) is 63.7 Å². The molecule has 5 nitrogen and oxygen atoms in total. The van der Waals surface area contributed by atoms with Crippen LogP contribution in [0.1, 0.15) is 5.82 Å². The quantitative estimate of drug-likeness (QED) is 0.803. The smallest absolute Gasteiger partial charge is 0.258 e. The fourth-order valence-corrected chi connectivity index (χ4v) is 2.25. The van der Waals surface area contributed by atoms with Gasteiger partial charge >= 0.3 is 0 Å². The lowest BCUT2D eigenvalue weighted by Gasteiger charge is -2.07. The second-order valence-corrected chi connectivity index (χ2v) is 5.08. The minimum Gasteiger partial charge on any atom is -0.497 e. The number of fused-ring (bicyclic) bond motifs is 1. The van der Waals surface area contributed by atoms with Crippen molar-refractivity contribution in [3.8, 4) is 11.5 Å². The van der Waals surface area contributed by atoms with Crippen molar-refractivity contribution in [1.29, 1.82) is 0 Å².